The first-order chi connectivity index (χ1) is 15.8. The van der Waals surface area contributed by atoms with Crippen LogP contribution in [0.5, 0.6) is 5.75 Å². The van der Waals surface area contributed by atoms with Crippen molar-refractivity contribution in [3.8, 4) is 5.75 Å². The van der Waals surface area contributed by atoms with Crippen LogP contribution in [0.4, 0.5) is 5.69 Å². The van der Waals surface area contributed by atoms with E-state index in [1.165, 1.54) is 31.5 Å². The van der Waals surface area contributed by atoms with Crippen molar-refractivity contribution >= 4 is 49.7 Å². The van der Waals surface area contributed by atoms with Crippen molar-refractivity contribution < 1.29 is 27.2 Å². The number of benzene rings is 2. The van der Waals surface area contributed by atoms with Crippen LogP contribution in [0.1, 0.15) is 11.5 Å². The molecule has 2 amide bonds. The molecule has 0 spiro atoms. The third-order valence-corrected chi connectivity index (χ3v) is 6.08. The number of carbonyl (C=O) groups is 2. The van der Waals surface area contributed by atoms with Gasteiger partial charge >= 0.3 is 11.8 Å². The molecule has 12 heteroatoms. The van der Waals surface area contributed by atoms with Gasteiger partial charge in [-0.3, -0.25) is 9.59 Å². The summed E-state index contributed by atoms with van der Waals surface area (Å²) in [6, 6.07) is 15.8. The van der Waals surface area contributed by atoms with Crippen molar-refractivity contribution in [2.75, 3.05) is 12.4 Å². The van der Waals surface area contributed by atoms with E-state index in [4.69, 9.17) is 9.15 Å². The quantitative estimate of drug-likeness (QED) is 0.230. The fourth-order valence-electron chi connectivity index (χ4n) is 2.52. The minimum absolute atomic E-state index is 0.0818. The molecule has 0 unspecified atom stereocenters. The highest BCUT2D eigenvalue weighted by molar-refractivity contribution is 9.10. The Labute approximate surface area is 198 Å². The molecule has 3 aromatic rings. The number of amides is 2. The smallest absolute Gasteiger partial charge is 0.329 e. The average molecular weight is 535 g/mol. The highest BCUT2D eigenvalue weighted by atomic mass is 79.9. The lowest BCUT2D eigenvalue weighted by atomic mass is 10.3. The molecule has 0 aliphatic heterocycles. The van der Waals surface area contributed by atoms with E-state index in [9.17, 15) is 18.0 Å². The number of methoxy groups -OCH3 is 1. The Balaban J connectivity index is 1.50. The number of nitrogens with zero attached hydrogens (tertiary/aromatic N) is 1. The van der Waals surface area contributed by atoms with Crippen LogP contribution >= 0.6 is 15.9 Å². The Morgan fingerprint density at radius 1 is 1.09 bits per heavy atom. The van der Waals surface area contributed by atoms with Gasteiger partial charge in [-0.1, -0.05) is 22.0 Å². The molecule has 0 saturated heterocycles. The van der Waals surface area contributed by atoms with Crippen LogP contribution in [0.15, 0.2) is 79.6 Å². The van der Waals surface area contributed by atoms with Gasteiger partial charge in [0.2, 0.25) is 10.0 Å². The van der Waals surface area contributed by atoms with E-state index < -0.39 is 21.8 Å². The van der Waals surface area contributed by atoms with Crippen LogP contribution in [-0.2, 0) is 26.2 Å². The maximum atomic E-state index is 12.3. The molecule has 0 aliphatic carbocycles. The van der Waals surface area contributed by atoms with Crippen molar-refractivity contribution in [3.05, 3.63) is 76.7 Å². The van der Waals surface area contributed by atoms with Gasteiger partial charge < -0.3 is 14.5 Å². The predicted molar refractivity (Wildman–Crippen MR) is 124 cm³/mol. The Kier molecular flexibility index (Phi) is 7.98. The molecule has 0 saturated carbocycles. The van der Waals surface area contributed by atoms with E-state index in [-0.39, 0.29) is 17.2 Å². The van der Waals surface area contributed by atoms with Crippen molar-refractivity contribution in [2.24, 2.45) is 5.10 Å². The first-order valence-corrected chi connectivity index (χ1v) is 11.7. The van der Waals surface area contributed by atoms with Gasteiger partial charge in [0, 0.05) is 16.2 Å². The molecule has 0 atom stereocenters. The summed E-state index contributed by atoms with van der Waals surface area (Å²) >= 11 is 3.25. The minimum atomic E-state index is -3.71. The molecular formula is C21H19BrN4O6S. The predicted octanol–water partition coefficient (Wildman–Crippen LogP) is 2.62. The van der Waals surface area contributed by atoms with Crippen LogP contribution in [0.2, 0.25) is 0 Å². The summed E-state index contributed by atoms with van der Waals surface area (Å²) in [7, 11) is -2.22. The molecular weight excluding hydrogens is 516 g/mol. The number of rotatable bonds is 8. The summed E-state index contributed by atoms with van der Waals surface area (Å²) in [6.45, 7) is -0.0818. The van der Waals surface area contributed by atoms with Crippen LogP contribution in [-0.4, -0.2) is 33.6 Å². The molecule has 0 fully saturated rings. The number of furan rings is 1. The fourth-order valence-corrected chi connectivity index (χ4v) is 3.77. The number of ether oxygens (including phenoxy) is 1. The fraction of sp³-hybridized carbons (Fsp3) is 0.0952. The van der Waals surface area contributed by atoms with Gasteiger partial charge in [-0.25, -0.2) is 18.6 Å². The van der Waals surface area contributed by atoms with E-state index in [2.05, 4.69) is 36.5 Å². The van der Waals surface area contributed by atoms with Gasteiger partial charge in [-0.2, -0.15) is 5.10 Å². The number of sulfonamides is 1. The summed E-state index contributed by atoms with van der Waals surface area (Å²) in [5, 5.41) is 6.09. The molecule has 0 bridgehead atoms. The number of hydrogen-bond donors (Lipinski definition) is 3. The maximum absolute atomic E-state index is 12.3. The van der Waals surface area contributed by atoms with E-state index in [1.807, 2.05) is 0 Å². The molecule has 0 aliphatic rings. The topological polar surface area (TPSA) is 139 Å². The van der Waals surface area contributed by atoms with Crippen molar-refractivity contribution in [2.45, 2.75) is 11.4 Å². The van der Waals surface area contributed by atoms with Crippen LogP contribution < -0.4 is 20.2 Å². The highest BCUT2D eigenvalue weighted by Crippen LogP contribution is 2.17. The lowest BCUT2D eigenvalue weighted by Crippen LogP contribution is -2.32. The number of carbonyl (C=O) groups excluding carboxylic acids is 2. The second kappa shape index (κ2) is 10.9. The van der Waals surface area contributed by atoms with Crippen molar-refractivity contribution in [1.29, 1.82) is 0 Å². The lowest BCUT2D eigenvalue weighted by Gasteiger charge is -2.05. The second-order valence-electron chi connectivity index (χ2n) is 6.47. The van der Waals surface area contributed by atoms with Crippen LogP contribution in [0.25, 0.3) is 0 Å². The molecule has 10 nitrogen and oxygen atoms in total. The third kappa shape index (κ3) is 7.00. The molecule has 33 heavy (non-hydrogen) atoms. The normalized spacial score (nSPS) is 11.3. The Bertz CT molecular complexity index is 1270. The molecule has 3 N–H and O–H groups in total. The molecule has 1 heterocycles. The minimum Gasteiger partial charge on any atom is -0.497 e. The Hall–Kier alpha value is -3.48. The zero-order valence-electron chi connectivity index (χ0n) is 17.2. The van der Waals surface area contributed by atoms with Gasteiger partial charge in [0.05, 0.1) is 24.8 Å². The molecule has 2 aromatic carbocycles. The van der Waals surface area contributed by atoms with Crippen LogP contribution in [0.3, 0.4) is 0 Å². The SMILES string of the molecule is COc1cccc(NC(=O)C(=O)N/N=C/c2ccc(CNS(=O)(=O)c3ccc(Br)cc3)o2)c1. The largest absolute Gasteiger partial charge is 0.497 e. The van der Waals surface area contributed by atoms with Gasteiger partial charge in [-0.05, 0) is 48.5 Å². The standard InChI is InChI=1S/C21H19BrN4O6S/c1-31-16-4-2-3-15(11-16)25-20(27)21(28)26-23-12-17-7-8-18(32-17)13-24-33(29,30)19-9-5-14(22)6-10-19/h2-12,24H,13H2,1H3,(H,25,27)(H,26,28)/b23-12+. The monoisotopic (exact) mass is 534 g/mol. The summed E-state index contributed by atoms with van der Waals surface area (Å²) in [5.41, 5.74) is 2.47. The average Bonchev–Trinajstić information content (AvgIpc) is 3.26. The summed E-state index contributed by atoms with van der Waals surface area (Å²) < 4.78 is 38.3. The Morgan fingerprint density at radius 3 is 2.58 bits per heavy atom. The number of halogens is 1. The molecule has 1 aromatic heterocycles. The maximum Gasteiger partial charge on any atom is 0.329 e. The number of nitrogens with one attached hydrogen (secondary N) is 3. The molecule has 172 valence electrons. The Morgan fingerprint density at radius 2 is 1.85 bits per heavy atom. The van der Waals surface area contributed by atoms with Gasteiger partial charge in [0.15, 0.2) is 0 Å². The van der Waals surface area contributed by atoms with E-state index in [0.29, 0.717) is 17.2 Å². The first kappa shape index (κ1) is 24.2. The zero-order chi connectivity index (χ0) is 23.8. The van der Waals surface area contributed by atoms with Gasteiger partial charge in [0.1, 0.15) is 17.3 Å². The van der Waals surface area contributed by atoms with E-state index in [0.717, 1.165) is 4.47 Å². The van der Waals surface area contributed by atoms with Gasteiger partial charge in [0.25, 0.3) is 0 Å². The van der Waals surface area contributed by atoms with E-state index in [1.54, 1.807) is 42.5 Å². The third-order valence-electron chi connectivity index (χ3n) is 4.13. The summed E-state index contributed by atoms with van der Waals surface area (Å²) in [5.74, 6) is -0.787. The van der Waals surface area contributed by atoms with Crippen molar-refractivity contribution in [1.82, 2.24) is 10.1 Å². The summed E-state index contributed by atoms with van der Waals surface area (Å²) in [6.07, 6.45) is 1.18. The highest BCUT2D eigenvalue weighted by Gasteiger charge is 2.15. The molecule has 3 rings (SSSR count). The first-order valence-electron chi connectivity index (χ1n) is 9.39. The number of hydrogen-bond acceptors (Lipinski definition) is 7. The van der Waals surface area contributed by atoms with Gasteiger partial charge in [-0.15, -0.1) is 0 Å². The zero-order valence-corrected chi connectivity index (χ0v) is 19.6. The van der Waals surface area contributed by atoms with E-state index >= 15 is 0 Å². The number of anilines is 1. The lowest BCUT2D eigenvalue weighted by molar-refractivity contribution is -0.136. The number of hydrazone groups is 1. The second-order valence-corrected chi connectivity index (χ2v) is 9.15. The summed E-state index contributed by atoms with van der Waals surface area (Å²) in [4.78, 5) is 24.0. The molecule has 0 radical (unpaired) electrons. The van der Waals surface area contributed by atoms with Crippen LogP contribution in [0, 0.1) is 0 Å². The van der Waals surface area contributed by atoms with Crippen molar-refractivity contribution in [3.63, 3.8) is 0 Å².